The second-order valence-electron chi connectivity index (χ2n) is 3.56. The number of hydrogen-bond donors (Lipinski definition) is 0. The Labute approximate surface area is 91.2 Å². The summed E-state index contributed by atoms with van der Waals surface area (Å²) in [6, 6.07) is 0. The third kappa shape index (κ3) is 4.55. The summed E-state index contributed by atoms with van der Waals surface area (Å²) in [6.07, 6.45) is 0. The summed E-state index contributed by atoms with van der Waals surface area (Å²) in [7, 11) is -4.65. The molecule has 0 aromatic rings. The van der Waals surface area contributed by atoms with Crippen LogP contribution >= 0.6 is 44.3 Å². The van der Waals surface area contributed by atoms with Crippen molar-refractivity contribution in [3.05, 3.63) is 0 Å². The lowest BCUT2D eigenvalue weighted by molar-refractivity contribution is 1.54. The first-order chi connectivity index (χ1) is 4.76. The van der Waals surface area contributed by atoms with E-state index in [2.05, 4.69) is 19.6 Å². The molecule has 0 fully saturated rings. The van der Waals surface area contributed by atoms with Gasteiger partial charge in [0.05, 0.1) is 0 Å². The van der Waals surface area contributed by atoms with E-state index in [1.807, 2.05) is 0 Å². The molecule has 0 aliphatic rings. The van der Waals surface area contributed by atoms with Gasteiger partial charge in [-0.1, -0.05) is 19.6 Å². The topological polar surface area (TPSA) is 0 Å². The zero-order valence-corrected chi connectivity index (χ0v) is 13.1. The van der Waals surface area contributed by atoms with Crippen molar-refractivity contribution in [3.63, 3.8) is 0 Å². The van der Waals surface area contributed by atoms with Crippen molar-refractivity contribution in [2.75, 3.05) is 0 Å². The third-order valence-electron chi connectivity index (χ3n) is 1.54. The lowest BCUT2D eigenvalue weighted by Gasteiger charge is -2.28. The molecule has 0 N–H and O–H groups in total. The molecule has 68 valence electrons. The van der Waals surface area contributed by atoms with Crippen LogP contribution in [0.3, 0.4) is 0 Å². The smallest absolute Gasteiger partial charge is 0.151 e. The van der Waals surface area contributed by atoms with E-state index in [-0.39, 0.29) is 0 Å². The second-order valence-corrected chi connectivity index (χ2v) is 20.8. The molecule has 0 bridgehead atoms. The van der Waals surface area contributed by atoms with E-state index in [4.69, 9.17) is 44.3 Å². The monoisotopic (exact) mass is 284 g/mol. The van der Waals surface area contributed by atoms with Crippen molar-refractivity contribution < 1.29 is 0 Å². The maximum absolute atomic E-state index is 5.93. The van der Waals surface area contributed by atoms with Crippen LogP contribution in [0.1, 0.15) is 0 Å². The summed E-state index contributed by atoms with van der Waals surface area (Å²) in [5.41, 5.74) is 0. The largest absolute Gasteiger partial charge is 0.237 e. The zero-order chi connectivity index (χ0) is 9.23. The van der Waals surface area contributed by atoms with E-state index in [1.54, 1.807) is 0 Å². The highest BCUT2D eigenvalue weighted by atomic mass is 35.7. The molecule has 0 radical (unpaired) electrons. The molecule has 0 rings (SSSR count). The SMILES string of the molecule is C[Si](C)(C)C([SiH](Cl)Cl)[SiH](Cl)Cl. The van der Waals surface area contributed by atoms with E-state index in [0.29, 0.717) is 4.79 Å². The lowest BCUT2D eigenvalue weighted by atomic mass is 11.7. The molecule has 0 saturated heterocycles. The fourth-order valence-corrected chi connectivity index (χ4v) is 29.3. The first kappa shape index (κ1) is 12.8. The lowest BCUT2D eigenvalue weighted by Crippen LogP contribution is -2.40. The molecule has 0 spiro atoms. The summed E-state index contributed by atoms with van der Waals surface area (Å²) in [6.45, 7) is 6.65. The molecule has 0 heterocycles. The normalized spacial score (nSPS) is 13.6. The Kier molecular flexibility index (Phi) is 5.69. The van der Waals surface area contributed by atoms with E-state index < -0.39 is 22.9 Å². The van der Waals surface area contributed by atoms with Crippen LogP contribution in [0.5, 0.6) is 0 Å². The predicted octanol–water partition coefficient (Wildman–Crippen LogP) is 3.17. The highest BCUT2D eigenvalue weighted by molar-refractivity contribution is 7.49. The summed E-state index contributed by atoms with van der Waals surface area (Å²) < 4.78 is 0. The summed E-state index contributed by atoms with van der Waals surface area (Å²) in [4.78, 5) is 0.314. The minimum absolute atomic E-state index is 0.314. The molecule has 0 nitrogen and oxygen atoms in total. The van der Waals surface area contributed by atoms with Crippen molar-refractivity contribution in [1.29, 1.82) is 0 Å². The van der Waals surface area contributed by atoms with Gasteiger partial charge in [0, 0.05) is 8.07 Å². The molecular formula is C4H12Cl4Si3. The second kappa shape index (κ2) is 4.88. The van der Waals surface area contributed by atoms with E-state index in [1.165, 1.54) is 0 Å². The van der Waals surface area contributed by atoms with Gasteiger partial charge in [-0.25, -0.2) is 0 Å². The third-order valence-corrected chi connectivity index (χ3v) is 23.7. The number of hydrogen-bond acceptors (Lipinski definition) is 0. The first-order valence-electron chi connectivity index (χ1n) is 3.33. The maximum atomic E-state index is 5.93. The molecule has 0 aliphatic heterocycles. The Bertz CT molecular complexity index is 113. The van der Waals surface area contributed by atoms with Gasteiger partial charge in [0.2, 0.25) is 14.8 Å². The Hall–Kier alpha value is 1.81. The van der Waals surface area contributed by atoms with E-state index in [0.717, 1.165) is 0 Å². The van der Waals surface area contributed by atoms with E-state index >= 15 is 0 Å². The van der Waals surface area contributed by atoms with Crippen LogP contribution in [0.15, 0.2) is 0 Å². The summed E-state index contributed by atoms with van der Waals surface area (Å²) >= 11 is 23.7. The number of halogens is 4. The molecule has 0 unspecified atom stereocenters. The van der Waals surface area contributed by atoms with Gasteiger partial charge in [-0.2, -0.15) is 44.3 Å². The van der Waals surface area contributed by atoms with Crippen LogP contribution in [0.4, 0.5) is 0 Å². The molecule has 7 heteroatoms. The fraction of sp³-hybridized carbons (Fsp3) is 1.00. The Balaban J connectivity index is 4.35. The van der Waals surface area contributed by atoms with E-state index in [9.17, 15) is 0 Å². The molecular weight excluding hydrogens is 274 g/mol. The van der Waals surface area contributed by atoms with Crippen LogP contribution in [0, 0.1) is 0 Å². The Morgan fingerprint density at radius 1 is 0.909 bits per heavy atom. The molecule has 0 aromatic heterocycles. The Morgan fingerprint density at radius 2 is 1.18 bits per heavy atom. The highest BCUT2D eigenvalue weighted by Crippen LogP contribution is 2.34. The maximum Gasteiger partial charge on any atom is 0.237 e. The fourth-order valence-electron chi connectivity index (χ4n) is 0.866. The van der Waals surface area contributed by atoms with Crippen molar-refractivity contribution >= 4 is 67.2 Å². The minimum atomic E-state index is -1.66. The molecule has 0 atom stereocenters. The zero-order valence-electron chi connectivity index (χ0n) is 6.74. The average Bonchev–Trinajstić information content (AvgIpc) is 1.54. The quantitative estimate of drug-likeness (QED) is 0.552. The predicted molar refractivity (Wildman–Crippen MR) is 64.8 cm³/mol. The van der Waals surface area contributed by atoms with Gasteiger partial charge in [0.1, 0.15) is 0 Å². The van der Waals surface area contributed by atoms with Crippen LogP contribution < -0.4 is 0 Å². The van der Waals surface area contributed by atoms with Crippen LogP contribution in [0.2, 0.25) is 24.4 Å². The molecule has 0 saturated carbocycles. The molecule has 0 aliphatic carbocycles. The van der Waals surface area contributed by atoms with Gasteiger partial charge in [-0.3, -0.25) is 0 Å². The van der Waals surface area contributed by atoms with Crippen LogP contribution in [-0.2, 0) is 0 Å². The minimum Gasteiger partial charge on any atom is -0.151 e. The average molecular weight is 286 g/mol. The first-order valence-corrected chi connectivity index (χ1v) is 15.2. The molecule has 0 aromatic carbocycles. The van der Waals surface area contributed by atoms with Crippen molar-refractivity contribution in [2.24, 2.45) is 0 Å². The molecule has 11 heavy (non-hydrogen) atoms. The summed E-state index contributed by atoms with van der Waals surface area (Å²) in [5, 5.41) is 0. The van der Waals surface area contributed by atoms with Crippen LogP contribution in [-0.4, -0.2) is 22.9 Å². The summed E-state index contributed by atoms with van der Waals surface area (Å²) in [5.74, 6) is 0. The number of rotatable bonds is 3. The van der Waals surface area contributed by atoms with Gasteiger partial charge in [-0.15, -0.1) is 0 Å². The van der Waals surface area contributed by atoms with Crippen molar-refractivity contribution in [3.8, 4) is 0 Å². The van der Waals surface area contributed by atoms with Crippen molar-refractivity contribution in [2.45, 2.75) is 24.4 Å². The molecule has 0 amide bonds. The van der Waals surface area contributed by atoms with Crippen molar-refractivity contribution in [1.82, 2.24) is 0 Å². The van der Waals surface area contributed by atoms with Gasteiger partial charge >= 0.3 is 0 Å². The Morgan fingerprint density at radius 3 is 1.18 bits per heavy atom. The van der Waals surface area contributed by atoms with Gasteiger partial charge < -0.3 is 0 Å². The standard InChI is InChI=1S/C4H12Cl4Si3/c1-11(2,3)4(9(5)6)10(7)8/h4,9-10H,1-3H3. The van der Waals surface area contributed by atoms with Gasteiger partial charge in [0.15, 0.2) is 0 Å². The van der Waals surface area contributed by atoms with Gasteiger partial charge in [-0.05, 0) is 4.79 Å². The highest BCUT2D eigenvalue weighted by Gasteiger charge is 2.38. The van der Waals surface area contributed by atoms with Gasteiger partial charge in [0.25, 0.3) is 0 Å². The van der Waals surface area contributed by atoms with Crippen LogP contribution in [0.25, 0.3) is 0 Å².